The summed E-state index contributed by atoms with van der Waals surface area (Å²) in [4.78, 5) is 11.3. The van der Waals surface area contributed by atoms with Crippen molar-refractivity contribution in [3.8, 4) is 0 Å². The van der Waals surface area contributed by atoms with Crippen molar-refractivity contribution < 1.29 is 4.74 Å². The number of aromatic nitrogens is 2. The number of aliphatic imine (C=N–C) groups is 1. The summed E-state index contributed by atoms with van der Waals surface area (Å²) >= 11 is 0. The molecule has 126 valence electrons. The number of nitrogens with one attached hydrogen (secondary N) is 2. The van der Waals surface area contributed by atoms with Gasteiger partial charge in [0.1, 0.15) is 11.5 Å². The number of rotatable bonds is 7. The summed E-state index contributed by atoms with van der Waals surface area (Å²) in [5.74, 6) is 0.791. The standard InChI is InChI=1S/C20H25N3O/c1-4-5-6-8-15-11-16(22-14(15)2)12-19-20(24-3)13-18(23-19)17-9-7-10-21-17/h7,9-13,21-22H,4-6,8H2,1-3H3/b19-12+. The van der Waals surface area contributed by atoms with Crippen LogP contribution >= 0.6 is 0 Å². The molecule has 0 spiro atoms. The third kappa shape index (κ3) is 3.53. The Morgan fingerprint density at radius 3 is 2.88 bits per heavy atom. The molecule has 1 aliphatic rings. The van der Waals surface area contributed by atoms with Crippen LogP contribution in [0, 0.1) is 6.92 Å². The van der Waals surface area contributed by atoms with Crippen LogP contribution in [0.4, 0.5) is 0 Å². The second-order valence-corrected chi connectivity index (χ2v) is 6.16. The zero-order valence-corrected chi connectivity index (χ0v) is 14.6. The molecular formula is C20H25N3O. The Morgan fingerprint density at radius 2 is 2.17 bits per heavy atom. The maximum Gasteiger partial charge on any atom is 0.146 e. The van der Waals surface area contributed by atoms with Crippen LogP contribution in [0.15, 0.2) is 46.9 Å². The molecule has 0 aliphatic carbocycles. The van der Waals surface area contributed by atoms with Gasteiger partial charge in [-0.15, -0.1) is 0 Å². The van der Waals surface area contributed by atoms with E-state index in [1.54, 1.807) is 7.11 Å². The smallest absolute Gasteiger partial charge is 0.146 e. The maximum atomic E-state index is 5.49. The Hall–Kier alpha value is -2.49. The number of hydrogen-bond acceptors (Lipinski definition) is 2. The van der Waals surface area contributed by atoms with E-state index in [1.165, 1.54) is 30.5 Å². The number of allylic oxidation sites excluding steroid dienone is 1. The number of aryl methyl sites for hydroxylation is 2. The van der Waals surface area contributed by atoms with Crippen molar-refractivity contribution >= 4 is 11.8 Å². The van der Waals surface area contributed by atoms with Crippen molar-refractivity contribution in [3.05, 3.63) is 64.6 Å². The van der Waals surface area contributed by atoms with Crippen LogP contribution in [0.2, 0.25) is 0 Å². The molecule has 0 amide bonds. The summed E-state index contributed by atoms with van der Waals surface area (Å²) in [6.45, 7) is 4.37. The van der Waals surface area contributed by atoms with Crippen molar-refractivity contribution in [3.63, 3.8) is 0 Å². The lowest BCUT2D eigenvalue weighted by Crippen LogP contribution is -1.93. The van der Waals surface area contributed by atoms with E-state index < -0.39 is 0 Å². The van der Waals surface area contributed by atoms with Gasteiger partial charge in [-0.2, -0.15) is 0 Å². The lowest BCUT2D eigenvalue weighted by atomic mass is 10.1. The molecule has 24 heavy (non-hydrogen) atoms. The monoisotopic (exact) mass is 323 g/mol. The van der Waals surface area contributed by atoms with Crippen LogP contribution < -0.4 is 0 Å². The maximum absolute atomic E-state index is 5.49. The lowest BCUT2D eigenvalue weighted by molar-refractivity contribution is 0.303. The SMILES string of the molecule is CCCCCc1cc(/C=C2/N=C(c3ccc[nH]3)C=C2OC)[nH]c1C. The van der Waals surface area contributed by atoms with E-state index in [-0.39, 0.29) is 0 Å². The summed E-state index contributed by atoms with van der Waals surface area (Å²) in [6, 6.07) is 6.21. The topological polar surface area (TPSA) is 53.2 Å². The Labute approximate surface area is 143 Å². The fourth-order valence-corrected chi connectivity index (χ4v) is 2.99. The zero-order valence-electron chi connectivity index (χ0n) is 14.6. The van der Waals surface area contributed by atoms with Crippen LogP contribution in [0.25, 0.3) is 6.08 Å². The molecule has 4 nitrogen and oxygen atoms in total. The van der Waals surface area contributed by atoms with E-state index in [2.05, 4.69) is 36.0 Å². The Morgan fingerprint density at radius 1 is 1.29 bits per heavy atom. The van der Waals surface area contributed by atoms with Crippen molar-refractivity contribution in [2.24, 2.45) is 4.99 Å². The lowest BCUT2D eigenvalue weighted by Gasteiger charge is -2.00. The Balaban J connectivity index is 1.83. The highest BCUT2D eigenvalue weighted by Crippen LogP contribution is 2.25. The minimum atomic E-state index is 0.791. The molecule has 0 unspecified atom stereocenters. The van der Waals surface area contributed by atoms with E-state index in [0.29, 0.717) is 0 Å². The van der Waals surface area contributed by atoms with Crippen LogP contribution in [-0.4, -0.2) is 22.8 Å². The molecule has 0 radical (unpaired) electrons. The van der Waals surface area contributed by atoms with Gasteiger partial charge < -0.3 is 14.7 Å². The molecular weight excluding hydrogens is 298 g/mol. The quantitative estimate of drug-likeness (QED) is 0.709. The molecule has 0 fully saturated rings. The molecule has 4 heteroatoms. The van der Waals surface area contributed by atoms with E-state index in [9.17, 15) is 0 Å². The first kappa shape index (κ1) is 16.4. The van der Waals surface area contributed by atoms with Crippen molar-refractivity contribution in [2.75, 3.05) is 7.11 Å². The number of unbranched alkanes of at least 4 members (excludes halogenated alkanes) is 2. The van der Waals surface area contributed by atoms with Gasteiger partial charge in [-0.05, 0) is 49.6 Å². The second kappa shape index (κ2) is 7.39. The molecule has 0 saturated heterocycles. The average molecular weight is 323 g/mol. The number of H-pyrrole nitrogens is 2. The van der Waals surface area contributed by atoms with Gasteiger partial charge in [0.05, 0.1) is 18.5 Å². The van der Waals surface area contributed by atoms with E-state index >= 15 is 0 Å². The molecule has 1 aliphatic heterocycles. The van der Waals surface area contributed by atoms with Crippen molar-refractivity contribution in [1.82, 2.24) is 9.97 Å². The van der Waals surface area contributed by atoms with Gasteiger partial charge in [0, 0.05) is 23.7 Å². The van der Waals surface area contributed by atoms with Gasteiger partial charge in [-0.1, -0.05) is 19.8 Å². The van der Waals surface area contributed by atoms with Crippen LogP contribution in [0.3, 0.4) is 0 Å². The fourth-order valence-electron chi connectivity index (χ4n) is 2.99. The van der Waals surface area contributed by atoms with E-state index in [4.69, 9.17) is 9.73 Å². The molecule has 2 aromatic heterocycles. The van der Waals surface area contributed by atoms with Gasteiger partial charge in [-0.3, -0.25) is 0 Å². The Kier molecular flexibility index (Phi) is 5.04. The van der Waals surface area contributed by atoms with E-state index in [0.717, 1.165) is 35.0 Å². The van der Waals surface area contributed by atoms with Gasteiger partial charge in [-0.25, -0.2) is 4.99 Å². The minimum absolute atomic E-state index is 0.791. The predicted octanol–water partition coefficient (Wildman–Crippen LogP) is 4.76. The highest BCUT2D eigenvalue weighted by molar-refractivity contribution is 6.11. The van der Waals surface area contributed by atoms with E-state index in [1.807, 2.05) is 24.4 Å². The Bertz CT molecular complexity index is 776. The fraction of sp³-hybridized carbons (Fsp3) is 0.350. The molecule has 0 bridgehead atoms. The van der Waals surface area contributed by atoms with Crippen LogP contribution in [-0.2, 0) is 11.2 Å². The molecule has 2 aromatic rings. The third-order valence-electron chi connectivity index (χ3n) is 4.34. The molecule has 3 rings (SSSR count). The molecule has 0 saturated carbocycles. The average Bonchev–Trinajstić information content (AvgIpc) is 3.28. The van der Waals surface area contributed by atoms with Gasteiger partial charge in [0.25, 0.3) is 0 Å². The zero-order chi connectivity index (χ0) is 16.9. The first-order chi connectivity index (χ1) is 11.7. The summed E-state index contributed by atoms with van der Waals surface area (Å²) in [6.07, 6.45) is 10.8. The number of nitrogens with zero attached hydrogens (tertiary/aromatic N) is 1. The third-order valence-corrected chi connectivity index (χ3v) is 4.34. The molecule has 3 heterocycles. The summed E-state index contributed by atoms with van der Waals surface area (Å²) in [7, 11) is 1.68. The first-order valence-electron chi connectivity index (χ1n) is 8.60. The molecule has 0 atom stereocenters. The van der Waals surface area contributed by atoms with Crippen LogP contribution in [0.1, 0.15) is 48.8 Å². The van der Waals surface area contributed by atoms with Crippen molar-refractivity contribution in [2.45, 2.75) is 39.5 Å². The highest BCUT2D eigenvalue weighted by atomic mass is 16.5. The molecule has 0 aromatic carbocycles. The minimum Gasteiger partial charge on any atom is -0.494 e. The number of aromatic amines is 2. The van der Waals surface area contributed by atoms with Gasteiger partial charge in [0.2, 0.25) is 0 Å². The largest absolute Gasteiger partial charge is 0.494 e. The summed E-state index contributed by atoms with van der Waals surface area (Å²) < 4.78 is 5.49. The highest BCUT2D eigenvalue weighted by Gasteiger charge is 2.17. The molecule has 2 N–H and O–H groups in total. The number of methoxy groups -OCH3 is 1. The number of hydrogen-bond donors (Lipinski definition) is 2. The summed E-state index contributed by atoms with van der Waals surface area (Å²) in [5, 5.41) is 0. The van der Waals surface area contributed by atoms with Gasteiger partial charge >= 0.3 is 0 Å². The number of ether oxygens (including phenoxy) is 1. The second-order valence-electron chi connectivity index (χ2n) is 6.16. The predicted molar refractivity (Wildman–Crippen MR) is 99.2 cm³/mol. The van der Waals surface area contributed by atoms with Gasteiger partial charge in [0.15, 0.2) is 0 Å². The van der Waals surface area contributed by atoms with Crippen LogP contribution in [0.5, 0.6) is 0 Å². The first-order valence-corrected chi connectivity index (χ1v) is 8.60. The summed E-state index contributed by atoms with van der Waals surface area (Å²) in [5.41, 5.74) is 6.46. The normalized spacial score (nSPS) is 15.7. The van der Waals surface area contributed by atoms with Crippen molar-refractivity contribution in [1.29, 1.82) is 0 Å².